The summed E-state index contributed by atoms with van der Waals surface area (Å²) in [6.45, 7) is 0. The molecule has 0 amide bonds. The molecule has 8 nitrogen and oxygen atoms in total. The van der Waals surface area contributed by atoms with Gasteiger partial charge >= 0.3 is 7.82 Å². The Bertz CT molecular complexity index is 618. The van der Waals surface area contributed by atoms with E-state index in [1.54, 1.807) is 0 Å². The molecule has 2 heterocycles. The summed E-state index contributed by atoms with van der Waals surface area (Å²) in [4.78, 5) is 9.43. The minimum absolute atomic E-state index is 0.445. The molecule has 2 aliphatic heterocycles. The first kappa shape index (κ1) is 14.9. The van der Waals surface area contributed by atoms with Crippen molar-refractivity contribution in [3.8, 4) is 0 Å². The lowest BCUT2D eigenvalue weighted by atomic mass is 10.4. The summed E-state index contributed by atoms with van der Waals surface area (Å²) in [6.07, 6.45) is 0.0941. The highest BCUT2D eigenvalue weighted by atomic mass is 32.2. The molecular weight excluding hydrogens is 319 g/mol. The maximum atomic E-state index is 11.6. The number of sulfone groups is 2. The summed E-state index contributed by atoms with van der Waals surface area (Å²) in [5, 5.41) is 1.77. The van der Waals surface area contributed by atoms with Crippen LogP contribution in [0.5, 0.6) is 0 Å². The van der Waals surface area contributed by atoms with Gasteiger partial charge in [-0.05, 0) is 12.2 Å². The quantitative estimate of drug-likeness (QED) is 0.699. The molecule has 2 atom stereocenters. The summed E-state index contributed by atoms with van der Waals surface area (Å²) < 4.78 is 65.3. The fraction of sp³-hybridized carbons (Fsp3) is 0.500. The van der Waals surface area contributed by atoms with Crippen molar-refractivity contribution in [2.45, 2.75) is 12.2 Å². The first-order valence-corrected chi connectivity index (χ1v) is 10.0. The van der Waals surface area contributed by atoms with Crippen molar-refractivity contribution in [2.75, 3.05) is 11.5 Å². The Hall–Kier alpha value is -0.510. The summed E-state index contributed by atoms with van der Waals surface area (Å²) >= 11 is 0. The van der Waals surface area contributed by atoms with Crippen LogP contribution in [0.25, 0.3) is 0 Å². The predicted octanol–water partition coefficient (Wildman–Crippen LogP) is -0.259. The van der Waals surface area contributed by atoms with Crippen LogP contribution in [0, 0.1) is 0 Å². The van der Waals surface area contributed by atoms with E-state index in [0.717, 1.165) is 23.0 Å². The van der Waals surface area contributed by atoms with Gasteiger partial charge in [-0.3, -0.25) is 9.05 Å². The van der Waals surface area contributed by atoms with E-state index >= 15 is 0 Å². The Morgan fingerprint density at radius 3 is 1.58 bits per heavy atom. The fourth-order valence-corrected chi connectivity index (χ4v) is 5.14. The molecule has 2 aliphatic rings. The SMILES string of the molecule is O=P(O)(O[C@H]1C=CS(=O)(=O)C1)O[C@H]1C=CS(=O)(=O)C1. The average Bonchev–Trinajstić information content (AvgIpc) is 2.68. The number of phosphoric acid groups is 1. The third-order valence-electron chi connectivity index (χ3n) is 2.33. The molecule has 0 saturated carbocycles. The number of hydrogen-bond donors (Lipinski definition) is 1. The minimum Gasteiger partial charge on any atom is -0.302 e. The number of phosphoric ester groups is 1. The molecule has 2 rings (SSSR count). The maximum absolute atomic E-state index is 11.6. The standard InChI is InChI=1S/C8H11O8PS2/c9-17(10,15-7-1-3-18(11,12)5-7)16-8-2-4-19(13,14)6-8/h1-4,7-8H,5-6H2,(H,9,10)/t7-,8-/m0/s1. The Morgan fingerprint density at radius 1 is 0.947 bits per heavy atom. The van der Waals surface area contributed by atoms with Crippen LogP contribution in [0.1, 0.15) is 0 Å². The first-order chi connectivity index (χ1) is 8.57. The van der Waals surface area contributed by atoms with Gasteiger partial charge in [-0.15, -0.1) is 0 Å². The molecule has 0 aromatic heterocycles. The lowest BCUT2D eigenvalue weighted by molar-refractivity contribution is 0.119. The second-order valence-electron chi connectivity index (χ2n) is 4.07. The summed E-state index contributed by atoms with van der Waals surface area (Å²) in [7, 11) is -11.4. The van der Waals surface area contributed by atoms with E-state index in [1.807, 2.05) is 0 Å². The van der Waals surface area contributed by atoms with Crippen molar-refractivity contribution >= 4 is 27.5 Å². The van der Waals surface area contributed by atoms with E-state index in [2.05, 4.69) is 9.05 Å². The van der Waals surface area contributed by atoms with Crippen LogP contribution in [0.4, 0.5) is 0 Å². The van der Waals surface area contributed by atoms with Crippen molar-refractivity contribution in [1.29, 1.82) is 0 Å². The second kappa shape index (κ2) is 4.80. The highest BCUT2D eigenvalue weighted by Gasteiger charge is 2.35. The van der Waals surface area contributed by atoms with Gasteiger partial charge in [-0.1, -0.05) is 0 Å². The van der Waals surface area contributed by atoms with Gasteiger partial charge in [0.1, 0.15) is 12.2 Å². The zero-order chi connectivity index (χ0) is 14.3. The van der Waals surface area contributed by atoms with Crippen molar-refractivity contribution in [3.63, 3.8) is 0 Å². The summed E-state index contributed by atoms with van der Waals surface area (Å²) in [5.41, 5.74) is 0. The summed E-state index contributed by atoms with van der Waals surface area (Å²) in [5.74, 6) is -0.889. The third kappa shape index (κ3) is 4.23. The Labute approximate surface area is 110 Å². The van der Waals surface area contributed by atoms with Crippen LogP contribution in [0.15, 0.2) is 23.0 Å². The largest absolute Gasteiger partial charge is 0.473 e. The van der Waals surface area contributed by atoms with Crippen molar-refractivity contribution in [2.24, 2.45) is 0 Å². The van der Waals surface area contributed by atoms with Crippen molar-refractivity contribution in [3.05, 3.63) is 23.0 Å². The smallest absolute Gasteiger partial charge is 0.302 e. The number of hydrogen-bond acceptors (Lipinski definition) is 7. The van der Waals surface area contributed by atoms with Gasteiger partial charge in [0.2, 0.25) is 0 Å². The highest BCUT2D eigenvalue weighted by molar-refractivity contribution is 7.94. The van der Waals surface area contributed by atoms with Gasteiger partial charge in [0.25, 0.3) is 0 Å². The molecule has 1 N–H and O–H groups in total. The minimum atomic E-state index is -4.54. The zero-order valence-corrected chi connectivity index (χ0v) is 12.0. The Kier molecular flexibility index (Phi) is 3.76. The van der Waals surface area contributed by atoms with Gasteiger partial charge in [0, 0.05) is 10.8 Å². The molecule has 0 aromatic rings. The molecule has 0 aromatic carbocycles. The lowest BCUT2D eigenvalue weighted by Crippen LogP contribution is -2.18. The molecule has 0 aliphatic carbocycles. The molecule has 0 radical (unpaired) electrons. The lowest BCUT2D eigenvalue weighted by Gasteiger charge is -2.17. The van der Waals surface area contributed by atoms with Gasteiger partial charge in [-0.25, -0.2) is 21.4 Å². The van der Waals surface area contributed by atoms with Crippen LogP contribution < -0.4 is 0 Å². The van der Waals surface area contributed by atoms with E-state index in [4.69, 9.17) is 0 Å². The number of rotatable bonds is 4. The fourth-order valence-electron chi connectivity index (χ4n) is 1.59. The Balaban J connectivity index is 1.96. The van der Waals surface area contributed by atoms with Crippen LogP contribution in [-0.4, -0.2) is 45.4 Å². The van der Waals surface area contributed by atoms with Gasteiger partial charge in [0.05, 0.1) is 11.5 Å². The van der Waals surface area contributed by atoms with Crippen LogP contribution in [-0.2, 0) is 33.3 Å². The monoisotopic (exact) mass is 330 g/mol. The topological polar surface area (TPSA) is 124 Å². The predicted molar refractivity (Wildman–Crippen MR) is 65.4 cm³/mol. The van der Waals surface area contributed by atoms with E-state index in [9.17, 15) is 26.3 Å². The summed E-state index contributed by atoms with van der Waals surface area (Å²) in [6, 6.07) is 0. The van der Waals surface area contributed by atoms with Gasteiger partial charge < -0.3 is 4.89 Å². The van der Waals surface area contributed by atoms with E-state index < -0.39 is 51.2 Å². The molecule has 0 bridgehead atoms. The second-order valence-corrected chi connectivity index (χ2v) is 9.29. The molecular formula is C8H11O8PS2. The molecule has 0 spiro atoms. The van der Waals surface area contributed by atoms with Crippen molar-refractivity contribution in [1.82, 2.24) is 0 Å². The highest BCUT2D eigenvalue weighted by Crippen LogP contribution is 2.47. The molecule has 19 heavy (non-hydrogen) atoms. The maximum Gasteiger partial charge on any atom is 0.473 e. The van der Waals surface area contributed by atoms with Crippen LogP contribution in [0.3, 0.4) is 0 Å². The van der Waals surface area contributed by atoms with Crippen LogP contribution >= 0.6 is 7.82 Å². The zero-order valence-electron chi connectivity index (χ0n) is 9.45. The van der Waals surface area contributed by atoms with E-state index in [0.29, 0.717) is 0 Å². The first-order valence-electron chi connectivity index (χ1n) is 5.08. The average molecular weight is 330 g/mol. The van der Waals surface area contributed by atoms with E-state index in [-0.39, 0.29) is 0 Å². The molecule has 0 unspecified atom stereocenters. The molecule has 0 saturated heterocycles. The molecule has 0 fully saturated rings. The third-order valence-corrected chi connectivity index (χ3v) is 6.14. The van der Waals surface area contributed by atoms with Gasteiger partial charge in [0.15, 0.2) is 19.7 Å². The molecule has 11 heteroatoms. The normalized spacial score (nSPS) is 31.8. The van der Waals surface area contributed by atoms with Gasteiger partial charge in [-0.2, -0.15) is 0 Å². The Morgan fingerprint density at radius 2 is 1.32 bits per heavy atom. The van der Waals surface area contributed by atoms with Crippen LogP contribution in [0.2, 0.25) is 0 Å². The van der Waals surface area contributed by atoms with Crippen molar-refractivity contribution < 1.29 is 35.3 Å². The van der Waals surface area contributed by atoms with E-state index in [1.165, 1.54) is 0 Å². The molecule has 108 valence electrons.